The molecular weight excluding hydrogens is 279 g/mol. The van der Waals surface area contributed by atoms with Gasteiger partial charge in [-0.15, -0.1) is 0 Å². The summed E-state index contributed by atoms with van der Waals surface area (Å²) in [5, 5.41) is 0. The highest BCUT2D eigenvalue weighted by Crippen LogP contribution is 2.10. The van der Waals surface area contributed by atoms with Crippen molar-refractivity contribution < 1.29 is 12.8 Å². The monoisotopic (exact) mass is 302 g/mol. The lowest BCUT2D eigenvalue weighted by Gasteiger charge is -2.28. The van der Waals surface area contributed by atoms with Crippen LogP contribution in [0.2, 0.25) is 0 Å². The number of nitrogens with zero attached hydrogens (tertiary/aromatic N) is 2. The lowest BCUT2D eigenvalue weighted by atomic mass is 10.2. The number of benzene rings is 1. The van der Waals surface area contributed by atoms with Gasteiger partial charge in [0.05, 0.1) is 6.26 Å². The Balaban J connectivity index is 2.64. The summed E-state index contributed by atoms with van der Waals surface area (Å²) in [7, 11) is -1.57. The minimum atomic E-state index is -3.15. The molecule has 0 fully saturated rings. The van der Waals surface area contributed by atoms with E-state index in [1.165, 1.54) is 22.7 Å². The molecule has 6 heteroatoms. The van der Waals surface area contributed by atoms with E-state index in [9.17, 15) is 12.8 Å². The van der Waals surface area contributed by atoms with Gasteiger partial charge < -0.3 is 0 Å². The van der Waals surface area contributed by atoms with Crippen molar-refractivity contribution in [2.45, 2.75) is 26.4 Å². The highest BCUT2D eigenvalue weighted by atomic mass is 32.2. The van der Waals surface area contributed by atoms with Gasteiger partial charge in [-0.25, -0.2) is 17.1 Å². The molecule has 1 rings (SSSR count). The topological polar surface area (TPSA) is 40.6 Å². The van der Waals surface area contributed by atoms with E-state index < -0.39 is 10.0 Å². The fourth-order valence-electron chi connectivity index (χ4n) is 1.78. The van der Waals surface area contributed by atoms with Crippen molar-refractivity contribution in [3.63, 3.8) is 0 Å². The Labute approximate surface area is 121 Å². The van der Waals surface area contributed by atoms with E-state index in [0.717, 1.165) is 5.56 Å². The third-order valence-electron chi connectivity index (χ3n) is 3.30. The highest BCUT2D eigenvalue weighted by molar-refractivity contribution is 7.88. The van der Waals surface area contributed by atoms with Crippen molar-refractivity contribution in [2.24, 2.45) is 0 Å². The number of hydrogen-bond donors (Lipinski definition) is 0. The molecule has 0 amide bonds. The van der Waals surface area contributed by atoms with Crippen LogP contribution in [0.25, 0.3) is 0 Å². The molecule has 0 aliphatic heterocycles. The van der Waals surface area contributed by atoms with Crippen LogP contribution in [0.4, 0.5) is 4.39 Å². The first-order chi connectivity index (χ1) is 9.20. The Bertz CT molecular complexity index is 514. The molecule has 0 aliphatic rings. The van der Waals surface area contributed by atoms with Crippen molar-refractivity contribution in [1.29, 1.82) is 0 Å². The predicted octanol–water partition coefficient (Wildman–Crippen LogP) is 1.93. The minimum absolute atomic E-state index is 0.248. The minimum Gasteiger partial charge on any atom is -0.295 e. The Kier molecular flexibility index (Phi) is 6.10. The molecule has 0 N–H and O–H groups in total. The van der Waals surface area contributed by atoms with E-state index in [1.807, 2.05) is 0 Å². The number of sulfonamides is 1. The van der Waals surface area contributed by atoms with Gasteiger partial charge in [-0.05, 0) is 31.5 Å². The lowest BCUT2D eigenvalue weighted by Crippen LogP contribution is -2.38. The van der Waals surface area contributed by atoms with Crippen molar-refractivity contribution in [1.82, 2.24) is 9.21 Å². The summed E-state index contributed by atoms with van der Waals surface area (Å²) in [5.41, 5.74) is 1.02. The quantitative estimate of drug-likeness (QED) is 0.773. The molecule has 0 heterocycles. The van der Waals surface area contributed by atoms with E-state index in [1.54, 1.807) is 19.2 Å². The van der Waals surface area contributed by atoms with Crippen molar-refractivity contribution in [3.8, 4) is 0 Å². The van der Waals surface area contributed by atoms with Crippen LogP contribution in [0, 0.1) is 5.82 Å². The fourth-order valence-corrected chi connectivity index (χ4v) is 2.19. The average Bonchev–Trinajstić information content (AvgIpc) is 2.34. The first-order valence-electron chi connectivity index (χ1n) is 6.60. The maximum absolute atomic E-state index is 12.9. The summed E-state index contributed by atoms with van der Waals surface area (Å²) >= 11 is 0. The molecule has 0 spiro atoms. The van der Waals surface area contributed by atoms with Gasteiger partial charge in [0.25, 0.3) is 0 Å². The maximum atomic E-state index is 12.9. The molecule has 20 heavy (non-hydrogen) atoms. The van der Waals surface area contributed by atoms with E-state index >= 15 is 0 Å². The van der Waals surface area contributed by atoms with Crippen molar-refractivity contribution in [3.05, 3.63) is 35.6 Å². The number of rotatable bonds is 7. The lowest BCUT2D eigenvalue weighted by molar-refractivity contribution is 0.202. The van der Waals surface area contributed by atoms with Crippen LogP contribution in [-0.2, 0) is 16.6 Å². The molecule has 0 aliphatic carbocycles. The molecule has 0 saturated heterocycles. The summed E-state index contributed by atoms with van der Waals surface area (Å²) in [6, 6.07) is 6.68. The van der Waals surface area contributed by atoms with Gasteiger partial charge in [0.2, 0.25) is 10.0 Å². The average molecular weight is 302 g/mol. The van der Waals surface area contributed by atoms with Gasteiger partial charge >= 0.3 is 0 Å². The Morgan fingerprint density at radius 2 is 1.70 bits per heavy atom. The number of halogens is 1. The van der Waals surface area contributed by atoms with Crippen LogP contribution in [-0.4, -0.2) is 50.1 Å². The predicted molar refractivity (Wildman–Crippen MR) is 79.4 cm³/mol. The summed E-state index contributed by atoms with van der Waals surface area (Å²) < 4.78 is 37.0. The second-order valence-corrected chi connectivity index (χ2v) is 7.36. The second kappa shape index (κ2) is 7.15. The van der Waals surface area contributed by atoms with Crippen LogP contribution in [0.1, 0.15) is 19.4 Å². The molecule has 0 saturated carbocycles. The van der Waals surface area contributed by atoms with Gasteiger partial charge in [0, 0.05) is 32.7 Å². The molecule has 1 aromatic carbocycles. The smallest absolute Gasteiger partial charge is 0.210 e. The number of hydrogen-bond acceptors (Lipinski definition) is 3. The van der Waals surface area contributed by atoms with Crippen molar-refractivity contribution >= 4 is 10.0 Å². The van der Waals surface area contributed by atoms with Gasteiger partial charge in [0.1, 0.15) is 5.82 Å². The van der Waals surface area contributed by atoms with E-state index in [2.05, 4.69) is 18.7 Å². The molecule has 4 nitrogen and oxygen atoms in total. The zero-order valence-electron chi connectivity index (χ0n) is 12.5. The number of likely N-dealkylation sites (N-methyl/N-ethyl adjacent to an activating group) is 1. The second-order valence-electron chi connectivity index (χ2n) is 5.28. The molecule has 0 radical (unpaired) electrons. The van der Waals surface area contributed by atoms with E-state index in [4.69, 9.17) is 0 Å². The SMILES string of the molecule is CC(C)N(CCN(C)S(C)(=O)=O)Cc1ccc(F)cc1. The van der Waals surface area contributed by atoms with Gasteiger partial charge in [0.15, 0.2) is 0 Å². The van der Waals surface area contributed by atoms with Gasteiger partial charge in [-0.2, -0.15) is 0 Å². The van der Waals surface area contributed by atoms with Crippen LogP contribution >= 0.6 is 0 Å². The van der Waals surface area contributed by atoms with Crippen LogP contribution in [0.5, 0.6) is 0 Å². The summed E-state index contributed by atoms with van der Waals surface area (Å²) in [6.45, 7) is 5.88. The molecule has 1 aromatic rings. The molecular formula is C14H23FN2O2S. The molecule has 0 atom stereocenters. The summed E-state index contributed by atoms with van der Waals surface area (Å²) in [5.74, 6) is -0.248. The summed E-state index contributed by atoms with van der Waals surface area (Å²) in [4.78, 5) is 2.16. The fraction of sp³-hybridized carbons (Fsp3) is 0.571. The zero-order valence-corrected chi connectivity index (χ0v) is 13.3. The van der Waals surface area contributed by atoms with Gasteiger partial charge in [-0.1, -0.05) is 12.1 Å². The Hall–Kier alpha value is -0.980. The molecule has 0 unspecified atom stereocenters. The van der Waals surface area contributed by atoms with E-state index in [-0.39, 0.29) is 11.9 Å². The van der Waals surface area contributed by atoms with Crippen LogP contribution in [0.3, 0.4) is 0 Å². The van der Waals surface area contributed by atoms with Crippen LogP contribution < -0.4 is 0 Å². The third kappa shape index (κ3) is 5.56. The normalized spacial score (nSPS) is 12.6. The van der Waals surface area contributed by atoms with Crippen LogP contribution in [0.15, 0.2) is 24.3 Å². The van der Waals surface area contributed by atoms with E-state index in [0.29, 0.717) is 19.6 Å². The molecule has 114 valence electrons. The maximum Gasteiger partial charge on any atom is 0.210 e. The summed E-state index contributed by atoms with van der Waals surface area (Å²) in [6.07, 6.45) is 1.20. The molecule has 0 bridgehead atoms. The third-order valence-corrected chi connectivity index (χ3v) is 4.61. The standard InChI is InChI=1S/C14H23FN2O2S/c1-12(2)17(10-9-16(3)20(4,18)19)11-13-5-7-14(15)8-6-13/h5-8,12H,9-11H2,1-4H3. The largest absolute Gasteiger partial charge is 0.295 e. The Morgan fingerprint density at radius 3 is 2.15 bits per heavy atom. The highest BCUT2D eigenvalue weighted by Gasteiger charge is 2.15. The first kappa shape index (κ1) is 17.1. The van der Waals surface area contributed by atoms with Gasteiger partial charge in [-0.3, -0.25) is 4.90 Å². The molecule has 0 aromatic heterocycles. The zero-order chi connectivity index (χ0) is 15.3. The Morgan fingerprint density at radius 1 is 1.15 bits per heavy atom. The first-order valence-corrected chi connectivity index (χ1v) is 8.45. The van der Waals surface area contributed by atoms with Crippen molar-refractivity contribution in [2.75, 3.05) is 26.4 Å².